The second-order valence-corrected chi connectivity index (χ2v) is 5.72. The number of hydrogen-bond acceptors (Lipinski definition) is 3. The van der Waals surface area contributed by atoms with Crippen molar-refractivity contribution in [1.29, 1.82) is 0 Å². The molecule has 1 aromatic rings. The highest BCUT2D eigenvalue weighted by Crippen LogP contribution is 2.20. The van der Waals surface area contributed by atoms with E-state index < -0.39 is 15.7 Å². The monoisotopic (exact) mass is 277 g/mol. The summed E-state index contributed by atoms with van der Waals surface area (Å²) in [5, 5.41) is 0. The largest absolute Gasteiger partial charge is 0.369 e. The second-order valence-electron chi connectivity index (χ2n) is 3.70. The zero-order chi connectivity index (χ0) is 12.3. The average molecular weight is 278 g/mol. The molecule has 0 fully saturated rings. The minimum absolute atomic E-state index is 0. The maximum atomic E-state index is 11.2. The topological polar surface area (TPSA) is 77.2 Å². The summed E-state index contributed by atoms with van der Waals surface area (Å²) in [6.45, 7) is 1.86. The van der Waals surface area contributed by atoms with E-state index in [0.717, 1.165) is 11.8 Å². The van der Waals surface area contributed by atoms with Gasteiger partial charge < -0.3 is 5.73 Å². The fourth-order valence-electron chi connectivity index (χ4n) is 1.55. The van der Waals surface area contributed by atoms with Crippen LogP contribution in [0.25, 0.3) is 0 Å². The van der Waals surface area contributed by atoms with Crippen molar-refractivity contribution in [3.05, 3.63) is 29.8 Å². The highest BCUT2D eigenvalue weighted by molar-refractivity contribution is 7.90. The van der Waals surface area contributed by atoms with Gasteiger partial charge in [-0.15, -0.1) is 12.4 Å². The van der Waals surface area contributed by atoms with Crippen molar-refractivity contribution in [2.24, 2.45) is 5.73 Å². The first kappa shape index (κ1) is 15.9. The number of carbonyl (C=O) groups is 1. The first-order chi connectivity index (χ1) is 7.36. The molecule has 4 nitrogen and oxygen atoms in total. The van der Waals surface area contributed by atoms with Gasteiger partial charge >= 0.3 is 0 Å². The average Bonchev–Trinajstić information content (AvgIpc) is 2.17. The van der Waals surface area contributed by atoms with Crippen molar-refractivity contribution >= 4 is 28.2 Å². The molecule has 0 saturated carbocycles. The van der Waals surface area contributed by atoms with Crippen molar-refractivity contribution in [3.8, 4) is 0 Å². The molecule has 96 valence electrons. The normalized spacial score (nSPS) is 12.6. The Morgan fingerprint density at radius 1 is 1.29 bits per heavy atom. The molecular weight excluding hydrogens is 262 g/mol. The quantitative estimate of drug-likeness (QED) is 0.906. The number of rotatable bonds is 4. The maximum Gasteiger partial charge on any atom is 0.224 e. The third kappa shape index (κ3) is 4.02. The SMILES string of the molecule is CCC(C(N)=O)c1ccc(S(C)(=O)=O)cc1.Cl. The predicted molar refractivity (Wildman–Crippen MR) is 69.0 cm³/mol. The highest BCUT2D eigenvalue weighted by atomic mass is 35.5. The van der Waals surface area contributed by atoms with E-state index in [0.29, 0.717) is 6.42 Å². The van der Waals surface area contributed by atoms with Crippen LogP contribution in [0.15, 0.2) is 29.2 Å². The van der Waals surface area contributed by atoms with E-state index in [-0.39, 0.29) is 23.2 Å². The van der Waals surface area contributed by atoms with Gasteiger partial charge in [-0.25, -0.2) is 8.42 Å². The number of amides is 1. The first-order valence-electron chi connectivity index (χ1n) is 4.95. The summed E-state index contributed by atoms with van der Waals surface area (Å²) in [6, 6.07) is 6.26. The number of halogens is 1. The molecule has 1 amide bonds. The maximum absolute atomic E-state index is 11.2. The number of nitrogens with two attached hydrogens (primary N) is 1. The van der Waals surface area contributed by atoms with Crippen molar-refractivity contribution in [2.45, 2.75) is 24.2 Å². The molecule has 0 saturated heterocycles. The van der Waals surface area contributed by atoms with Crippen LogP contribution in [-0.4, -0.2) is 20.6 Å². The highest BCUT2D eigenvalue weighted by Gasteiger charge is 2.16. The van der Waals surface area contributed by atoms with Gasteiger partial charge in [-0.2, -0.15) is 0 Å². The Kier molecular flexibility index (Phi) is 5.64. The Labute approximate surface area is 108 Å². The van der Waals surface area contributed by atoms with Crippen LogP contribution in [0.3, 0.4) is 0 Å². The summed E-state index contributed by atoms with van der Waals surface area (Å²) in [6.07, 6.45) is 1.75. The molecule has 2 N–H and O–H groups in total. The van der Waals surface area contributed by atoms with Crippen LogP contribution < -0.4 is 5.73 Å². The first-order valence-corrected chi connectivity index (χ1v) is 6.84. The van der Waals surface area contributed by atoms with E-state index in [1.165, 1.54) is 12.1 Å². The van der Waals surface area contributed by atoms with Gasteiger partial charge in [-0.1, -0.05) is 19.1 Å². The molecule has 0 aliphatic rings. The number of benzene rings is 1. The smallest absolute Gasteiger partial charge is 0.224 e. The molecular formula is C11H16ClNO3S. The molecule has 1 atom stereocenters. The van der Waals surface area contributed by atoms with Crippen molar-refractivity contribution in [1.82, 2.24) is 0 Å². The Morgan fingerprint density at radius 3 is 2.06 bits per heavy atom. The Balaban J connectivity index is 0.00000256. The number of sulfone groups is 1. The third-order valence-electron chi connectivity index (χ3n) is 2.46. The molecule has 0 aromatic heterocycles. The van der Waals surface area contributed by atoms with E-state index in [2.05, 4.69) is 0 Å². The molecule has 1 rings (SSSR count). The van der Waals surface area contributed by atoms with Crippen molar-refractivity contribution in [3.63, 3.8) is 0 Å². The van der Waals surface area contributed by atoms with Gasteiger partial charge in [0.25, 0.3) is 0 Å². The summed E-state index contributed by atoms with van der Waals surface area (Å²) in [4.78, 5) is 11.4. The standard InChI is InChI=1S/C11H15NO3S.ClH/c1-3-10(11(12)13)8-4-6-9(7-5-8)16(2,14)15;/h4-7,10H,3H2,1-2H3,(H2,12,13);1H. The van der Waals surface area contributed by atoms with Gasteiger partial charge in [0.2, 0.25) is 5.91 Å². The molecule has 0 radical (unpaired) electrons. The van der Waals surface area contributed by atoms with Crippen LogP contribution in [0, 0.1) is 0 Å². The lowest BCUT2D eigenvalue weighted by Crippen LogP contribution is -2.20. The second kappa shape index (κ2) is 6.02. The zero-order valence-corrected chi connectivity index (χ0v) is 11.3. The van der Waals surface area contributed by atoms with E-state index in [4.69, 9.17) is 5.73 Å². The summed E-state index contributed by atoms with van der Waals surface area (Å²) in [5.41, 5.74) is 6.00. The predicted octanol–water partition coefficient (Wildman–Crippen LogP) is 1.49. The fraction of sp³-hybridized carbons (Fsp3) is 0.364. The molecule has 0 aliphatic heterocycles. The number of primary amides is 1. The van der Waals surface area contributed by atoms with Crippen molar-refractivity contribution in [2.75, 3.05) is 6.26 Å². The van der Waals surface area contributed by atoms with Crippen LogP contribution in [0.2, 0.25) is 0 Å². The van der Waals surface area contributed by atoms with Crippen LogP contribution in [0.1, 0.15) is 24.8 Å². The van der Waals surface area contributed by atoms with E-state index in [1.807, 2.05) is 6.92 Å². The van der Waals surface area contributed by atoms with Gasteiger partial charge in [-0.3, -0.25) is 4.79 Å². The molecule has 0 bridgehead atoms. The molecule has 1 unspecified atom stereocenters. The van der Waals surface area contributed by atoms with E-state index >= 15 is 0 Å². The number of hydrogen-bond donors (Lipinski definition) is 1. The van der Waals surface area contributed by atoms with Crippen LogP contribution in [-0.2, 0) is 14.6 Å². The van der Waals surface area contributed by atoms with E-state index in [9.17, 15) is 13.2 Å². The molecule has 6 heteroatoms. The van der Waals surface area contributed by atoms with Gasteiger partial charge in [0.15, 0.2) is 9.84 Å². The summed E-state index contributed by atoms with van der Waals surface area (Å²) < 4.78 is 22.5. The molecule has 0 spiro atoms. The van der Waals surface area contributed by atoms with Gasteiger partial charge in [0.05, 0.1) is 10.8 Å². The van der Waals surface area contributed by atoms with Gasteiger partial charge in [0, 0.05) is 6.26 Å². The van der Waals surface area contributed by atoms with E-state index in [1.54, 1.807) is 12.1 Å². The third-order valence-corrected chi connectivity index (χ3v) is 3.59. The Hall–Kier alpha value is -1.07. The van der Waals surface area contributed by atoms with Crippen molar-refractivity contribution < 1.29 is 13.2 Å². The lowest BCUT2D eigenvalue weighted by molar-refractivity contribution is -0.119. The molecule has 0 heterocycles. The van der Waals surface area contributed by atoms with Crippen LogP contribution in [0.4, 0.5) is 0 Å². The lowest BCUT2D eigenvalue weighted by Gasteiger charge is -2.11. The minimum Gasteiger partial charge on any atom is -0.369 e. The van der Waals surface area contributed by atoms with Crippen LogP contribution in [0.5, 0.6) is 0 Å². The summed E-state index contributed by atoms with van der Waals surface area (Å²) >= 11 is 0. The molecule has 17 heavy (non-hydrogen) atoms. The zero-order valence-electron chi connectivity index (χ0n) is 9.71. The Bertz CT molecular complexity index is 482. The molecule has 1 aromatic carbocycles. The van der Waals surface area contributed by atoms with Crippen LogP contribution >= 0.6 is 12.4 Å². The summed E-state index contributed by atoms with van der Waals surface area (Å²) in [7, 11) is -3.19. The van der Waals surface area contributed by atoms with Gasteiger partial charge in [-0.05, 0) is 24.1 Å². The lowest BCUT2D eigenvalue weighted by atomic mass is 9.96. The summed E-state index contributed by atoms with van der Waals surface area (Å²) in [5.74, 6) is -0.747. The van der Waals surface area contributed by atoms with Gasteiger partial charge in [0.1, 0.15) is 0 Å². The minimum atomic E-state index is -3.19. The molecule has 0 aliphatic carbocycles. The Morgan fingerprint density at radius 2 is 1.76 bits per heavy atom. The fourth-order valence-corrected chi connectivity index (χ4v) is 2.18. The number of carbonyl (C=O) groups excluding carboxylic acids is 1.